The van der Waals surface area contributed by atoms with Gasteiger partial charge in [-0.3, -0.25) is 14.4 Å². The lowest BCUT2D eigenvalue weighted by atomic mass is 10.00. The number of fused-ring (bicyclic) bond motifs is 1. The molecule has 0 aliphatic carbocycles. The van der Waals surface area contributed by atoms with Crippen molar-refractivity contribution >= 4 is 40.9 Å². The molecule has 250 valence electrons. The molecule has 3 amide bonds. The molecule has 1 fully saturated rings. The van der Waals surface area contributed by atoms with Crippen LogP contribution in [0.5, 0.6) is 0 Å². The monoisotopic (exact) mass is 650 g/mol. The number of ether oxygens (including phenoxy) is 1. The van der Waals surface area contributed by atoms with Crippen molar-refractivity contribution in [1.29, 1.82) is 0 Å². The number of hydrogen-bond donors (Lipinski definition) is 3. The third-order valence-corrected chi connectivity index (χ3v) is 8.70. The van der Waals surface area contributed by atoms with Crippen LogP contribution in [-0.2, 0) is 32.1 Å². The second-order valence-corrected chi connectivity index (χ2v) is 12.1. The molecule has 0 radical (unpaired) electrons. The van der Waals surface area contributed by atoms with Crippen LogP contribution in [0.25, 0.3) is 10.8 Å². The molecular formula is C37H51ClN4O4. The molecule has 3 aromatic carbocycles. The van der Waals surface area contributed by atoms with E-state index < -0.39 is 12.1 Å². The normalized spacial score (nSPS) is 15.7. The zero-order valence-electron chi connectivity index (χ0n) is 27.5. The number of nitrogens with zero attached hydrogens (tertiary/aromatic N) is 1. The average molecular weight is 651 g/mol. The first-order valence-corrected chi connectivity index (χ1v) is 16.6. The predicted octanol–water partition coefficient (Wildman–Crippen LogP) is 5.42. The minimum atomic E-state index is -0.747. The van der Waals surface area contributed by atoms with Crippen molar-refractivity contribution in [3.8, 4) is 0 Å². The van der Waals surface area contributed by atoms with Crippen molar-refractivity contribution in [2.45, 2.75) is 84.1 Å². The molecule has 1 aliphatic rings. The topological polar surface area (TPSA) is 99.8 Å². The van der Waals surface area contributed by atoms with Gasteiger partial charge in [-0.25, -0.2) is 0 Å². The standard InChI is InChI=1S/C37H50N4O4.ClH/c1-4-30(5-2)37(44)41-22-11-17-34(41)36(43)40-33(24-29-18-19-31-15-9-10-16-32(31)23-29)35(42)39-21-12-20-38-25-27(3)45-26-28-13-7-6-8-14-28;/h6-10,13-16,18-19,23,27,30,33-34,38H,4-5,11-12,17,20-22,24-26H2,1-3H3,(H,39,42)(H,40,43);1H/t27-,33-,34+;/m1./s1. The first-order valence-electron chi connectivity index (χ1n) is 16.6. The fourth-order valence-electron chi connectivity index (χ4n) is 5.98. The number of hydrogen-bond acceptors (Lipinski definition) is 5. The van der Waals surface area contributed by atoms with Crippen LogP contribution in [-0.4, -0.2) is 67.0 Å². The van der Waals surface area contributed by atoms with Gasteiger partial charge in [0.1, 0.15) is 12.1 Å². The average Bonchev–Trinajstić information content (AvgIpc) is 3.56. The van der Waals surface area contributed by atoms with E-state index in [1.807, 2.05) is 69.3 Å². The number of nitrogens with one attached hydrogen (secondary N) is 3. The summed E-state index contributed by atoms with van der Waals surface area (Å²) in [5.74, 6) is -0.506. The van der Waals surface area contributed by atoms with E-state index in [-0.39, 0.29) is 42.2 Å². The number of carbonyl (C=O) groups is 3. The smallest absolute Gasteiger partial charge is 0.243 e. The van der Waals surface area contributed by atoms with Crippen molar-refractivity contribution < 1.29 is 19.1 Å². The zero-order chi connectivity index (χ0) is 32.0. The van der Waals surface area contributed by atoms with Gasteiger partial charge in [0, 0.05) is 32.0 Å². The summed E-state index contributed by atoms with van der Waals surface area (Å²) in [4.78, 5) is 42.0. The van der Waals surface area contributed by atoms with Gasteiger partial charge >= 0.3 is 0 Å². The Morgan fingerprint density at radius 2 is 1.63 bits per heavy atom. The largest absolute Gasteiger partial charge is 0.373 e. The van der Waals surface area contributed by atoms with Gasteiger partial charge in [-0.1, -0.05) is 86.6 Å². The van der Waals surface area contributed by atoms with E-state index in [0.717, 1.165) is 60.7 Å². The molecule has 0 bridgehead atoms. The molecular weight excluding hydrogens is 600 g/mol. The number of benzene rings is 3. The first-order chi connectivity index (χ1) is 21.9. The fraction of sp³-hybridized carbons (Fsp3) is 0.486. The van der Waals surface area contributed by atoms with Gasteiger partial charge in [0.2, 0.25) is 17.7 Å². The predicted molar refractivity (Wildman–Crippen MR) is 187 cm³/mol. The Hall–Kier alpha value is -3.46. The highest BCUT2D eigenvalue weighted by Crippen LogP contribution is 2.23. The molecule has 9 heteroatoms. The van der Waals surface area contributed by atoms with Gasteiger partial charge in [-0.05, 0) is 67.5 Å². The molecule has 1 saturated heterocycles. The Bertz CT molecular complexity index is 1380. The summed E-state index contributed by atoms with van der Waals surface area (Å²) in [7, 11) is 0. The Labute approximate surface area is 280 Å². The van der Waals surface area contributed by atoms with Crippen molar-refractivity contribution in [2.24, 2.45) is 5.92 Å². The molecule has 3 aromatic rings. The Kier molecular flexibility index (Phi) is 15.5. The van der Waals surface area contributed by atoms with E-state index in [1.54, 1.807) is 4.90 Å². The number of halogens is 1. The maximum atomic E-state index is 13.6. The van der Waals surface area contributed by atoms with Crippen LogP contribution in [0.4, 0.5) is 0 Å². The quantitative estimate of drug-likeness (QED) is 0.170. The summed E-state index contributed by atoms with van der Waals surface area (Å²) in [5, 5.41) is 11.7. The molecule has 0 saturated carbocycles. The zero-order valence-corrected chi connectivity index (χ0v) is 28.3. The molecule has 0 unspecified atom stereocenters. The van der Waals surface area contributed by atoms with Crippen LogP contribution < -0.4 is 16.0 Å². The fourth-order valence-corrected chi connectivity index (χ4v) is 5.98. The van der Waals surface area contributed by atoms with Gasteiger partial charge in [0.15, 0.2) is 0 Å². The van der Waals surface area contributed by atoms with Crippen LogP contribution in [0, 0.1) is 5.92 Å². The summed E-state index contributed by atoms with van der Waals surface area (Å²) >= 11 is 0. The lowest BCUT2D eigenvalue weighted by Gasteiger charge is -2.29. The number of rotatable bonds is 17. The van der Waals surface area contributed by atoms with Gasteiger partial charge in [-0.15, -0.1) is 12.4 Å². The van der Waals surface area contributed by atoms with E-state index in [4.69, 9.17) is 4.74 Å². The van der Waals surface area contributed by atoms with Crippen LogP contribution in [0.1, 0.15) is 64.0 Å². The summed E-state index contributed by atoms with van der Waals surface area (Å²) < 4.78 is 5.92. The highest BCUT2D eigenvalue weighted by molar-refractivity contribution is 5.93. The molecule has 0 spiro atoms. The van der Waals surface area contributed by atoms with E-state index in [2.05, 4.69) is 40.2 Å². The van der Waals surface area contributed by atoms with Crippen LogP contribution >= 0.6 is 12.4 Å². The van der Waals surface area contributed by atoms with E-state index in [1.165, 1.54) is 0 Å². The molecule has 0 aromatic heterocycles. The van der Waals surface area contributed by atoms with Crippen molar-refractivity contribution in [3.63, 3.8) is 0 Å². The van der Waals surface area contributed by atoms with Crippen molar-refractivity contribution in [3.05, 3.63) is 83.9 Å². The van der Waals surface area contributed by atoms with Crippen LogP contribution in [0.2, 0.25) is 0 Å². The maximum Gasteiger partial charge on any atom is 0.243 e. The van der Waals surface area contributed by atoms with Crippen LogP contribution in [0.15, 0.2) is 72.8 Å². The first kappa shape index (κ1) is 37.0. The SMILES string of the molecule is CCC(CC)C(=O)N1CCC[C@H]1C(=O)N[C@H](Cc1ccc2ccccc2c1)C(=O)NCCCNC[C@@H](C)OCc1ccccc1.Cl. The third kappa shape index (κ3) is 10.8. The van der Waals surface area contributed by atoms with Crippen molar-refractivity contribution in [1.82, 2.24) is 20.9 Å². The number of likely N-dealkylation sites (tertiary alicyclic amines) is 1. The lowest BCUT2D eigenvalue weighted by Crippen LogP contribution is -2.54. The molecule has 3 atom stereocenters. The minimum absolute atomic E-state index is 0. The lowest BCUT2D eigenvalue weighted by molar-refractivity contribution is -0.142. The molecule has 3 N–H and O–H groups in total. The second kappa shape index (κ2) is 19.3. The Morgan fingerprint density at radius 3 is 2.37 bits per heavy atom. The summed E-state index contributed by atoms with van der Waals surface area (Å²) in [6.07, 6.45) is 4.07. The van der Waals surface area contributed by atoms with Crippen molar-refractivity contribution in [2.75, 3.05) is 26.2 Å². The second-order valence-electron chi connectivity index (χ2n) is 12.1. The Morgan fingerprint density at radius 1 is 0.913 bits per heavy atom. The molecule has 1 heterocycles. The van der Waals surface area contributed by atoms with Gasteiger partial charge in [-0.2, -0.15) is 0 Å². The summed E-state index contributed by atoms with van der Waals surface area (Å²) in [6.45, 7) is 9.16. The maximum absolute atomic E-state index is 13.6. The van der Waals surface area contributed by atoms with Gasteiger partial charge < -0.3 is 25.6 Å². The highest BCUT2D eigenvalue weighted by atomic mass is 35.5. The van der Waals surface area contributed by atoms with E-state index >= 15 is 0 Å². The van der Waals surface area contributed by atoms with E-state index in [0.29, 0.717) is 32.5 Å². The number of carbonyl (C=O) groups excluding carboxylic acids is 3. The summed E-state index contributed by atoms with van der Waals surface area (Å²) in [5.41, 5.74) is 2.12. The van der Waals surface area contributed by atoms with Crippen LogP contribution in [0.3, 0.4) is 0 Å². The molecule has 46 heavy (non-hydrogen) atoms. The van der Waals surface area contributed by atoms with Gasteiger partial charge in [0.05, 0.1) is 12.7 Å². The summed E-state index contributed by atoms with van der Waals surface area (Å²) in [6, 6.07) is 23.1. The molecule has 8 nitrogen and oxygen atoms in total. The highest BCUT2D eigenvalue weighted by Gasteiger charge is 2.37. The molecule has 1 aliphatic heterocycles. The number of amides is 3. The minimum Gasteiger partial charge on any atom is -0.373 e. The van der Waals surface area contributed by atoms with E-state index in [9.17, 15) is 14.4 Å². The Balaban J connectivity index is 0.00000576. The van der Waals surface area contributed by atoms with Gasteiger partial charge in [0.25, 0.3) is 0 Å². The third-order valence-electron chi connectivity index (χ3n) is 8.70. The molecule has 4 rings (SSSR count).